The highest BCUT2D eigenvalue weighted by Crippen LogP contribution is 2.32. The first-order valence-electron chi connectivity index (χ1n) is 4.76. The zero-order valence-electron chi connectivity index (χ0n) is 9.01. The Morgan fingerprint density at radius 2 is 0.944 bits per heavy atom. The third-order valence-electron chi connectivity index (χ3n) is 1.93. The van der Waals surface area contributed by atoms with Crippen LogP contribution in [0, 0.1) is 0 Å². The number of benzene rings is 2. The van der Waals surface area contributed by atoms with Gasteiger partial charge in [-0.05, 0) is 24.3 Å². The van der Waals surface area contributed by atoms with Crippen molar-refractivity contribution in [2.45, 2.75) is 0 Å². The fraction of sp³-hybridized carbons (Fsp3) is 0. The average molecular weight is 289 g/mol. The highest BCUT2D eigenvalue weighted by atomic mass is 35.5. The second kappa shape index (κ2) is 6.23. The largest absolute Gasteiger partial charge is 0.504 e. The maximum absolute atomic E-state index is 8.82. The monoisotopic (exact) mass is 288 g/mol. The van der Waals surface area contributed by atoms with E-state index in [-0.39, 0.29) is 33.0 Å². The molecule has 0 heterocycles. The molecule has 2 aromatic carbocycles. The van der Waals surface area contributed by atoms with Gasteiger partial charge in [-0.1, -0.05) is 35.3 Å². The van der Waals surface area contributed by atoms with Gasteiger partial charge in [0, 0.05) is 0 Å². The van der Waals surface area contributed by atoms with Gasteiger partial charge in [-0.2, -0.15) is 0 Å². The van der Waals surface area contributed by atoms with Gasteiger partial charge in [0.05, 0.1) is 10.0 Å². The van der Waals surface area contributed by atoms with Crippen molar-refractivity contribution in [1.29, 1.82) is 0 Å². The molecule has 0 saturated heterocycles. The maximum atomic E-state index is 8.82. The predicted molar refractivity (Wildman–Crippen MR) is 69.6 cm³/mol. The molecule has 0 atom stereocenters. The van der Waals surface area contributed by atoms with E-state index in [0.717, 1.165) is 0 Å². The first kappa shape index (κ1) is 14.3. The SMILES string of the molecule is Oc1cccc(Cl)c1O.Oc1cccc(Cl)c1O. The molecule has 4 nitrogen and oxygen atoms in total. The highest BCUT2D eigenvalue weighted by Gasteiger charge is 2.00. The summed E-state index contributed by atoms with van der Waals surface area (Å²) in [5.74, 6) is -0.914. The van der Waals surface area contributed by atoms with E-state index in [4.69, 9.17) is 43.6 Å². The number of halogens is 2. The first-order valence-corrected chi connectivity index (χ1v) is 5.52. The number of para-hydroxylation sites is 2. The summed E-state index contributed by atoms with van der Waals surface area (Å²) < 4.78 is 0. The van der Waals surface area contributed by atoms with Crippen LogP contribution in [-0.4, -0.2) is 20.4 Å². The van der Waals surface area contributed by atoms with E-state index < -0.39 is 0 Å². The lowest BCUT2D eigenvalue weighted by molar-refractivity contribution is 0.404. The van der Waals surface area contributed by atoms with Gasteiger partial charge in [-0.3, -0.25) is 0 Å². The summed E-state index contributed by atoms with van der Waals surface area (Å²) in [6.07, 6.45) is 0. The Bertz CT molecular complexity index is 454. The van der Waals surface area contributed by atoms with Crippen molar-refractivity contribution >= 4 is 23.2 Å². The van der Waals surface area contributed by atoms with Gasteiger partial charge in [0.25, 0.3) is 0 Å². The number of rotatable bonds is 0. The van der Waals surface area contributed by atoms with E-state index in [9.17, 15) is 0 Å². The molecule has 0 aromatic heterocycles. The summed E-state index contributed by atoms with van der Waals surface area (Å²) >= 11 is 10.8. The van der Waals surface area contributed by atoms with Crippen LogP contribution in [0.25, 0.3) is 0 Å². The van der Waals surface area contributed by atoms with Crippen LogP contribution >= 0.6 is 23.2 Å². The van der Waals surface area contributed by atoms with Gasteiger partial charge in [-0.15, -0.1) is 0 Å². The molecule has 0 unspecified atom stereocenters. The number of hydrogen-bond acceptors (Lipinski definition) is 4. The lowest BCUT2D eigenvalue weighted by atomic mass is 10.3. The summed E-state index contributed by atoms with van der Waals surface area (Å²) in [7, 11) is 0. The molecular weight excluding hydrogens is 279 g/mol. The molecule has 2 aromatic rings. The lowest BCUT2D eigenvalue weighted by Crippen LogP contribution is -1.67. The molecule has 18 heavy (non-hydrogen) atoms. The zero-order chi connectivity index (χ0) is 13.7. The van der Waals surface area contributed by atoms with E-state index in [2.05, 4.69) is 0 Å². The Hall–Kier alpha value is -1.78. The molecule has 2 rings (SSSR count). The van der Waals surface area contributed by atoms with Crippen molar-refractivity contribution in [1.82, 2.24) is 0 Å². The van der Waals surface area contributed by atoms with Crippen LogP contribution in [-0.2, 0) is 0 Å². The molecule has 96 valence electrons. The number of phenolic OH excluding ortho intramolecular Hbond substituents is 4. The van der Waals surface area contributed by atoms with Crippen molar-refractivity contribution in [2.24, 2.45) is 0 Å². The van der Waals surface area contributed by atoms with E-state index >= 15 is 0 Å². The maximum Gasteiger partial charge on any atom is 0.176 e. The van der Waals surface area contributed by atoms with E-state index in [1.165, 1.54) is 24.3 Å². The van der Waals surface area contributed by atoms with Crippen molar-refractivity contribution in [3.05, 3.63) is 46.4 Å². The molecule has 0 saturated carbocycles. The molecule has 0 bridgehead atoms. The minimum Gasteiger partial charge on any atom is -0.504 e. The van der Waals surface area contributed by atoms with Crippen LogP contribution in [0.5, 0.6) is 23.0 Å². The van der Waals surface area contributed by atoms with Crippen LogP contribution in [0.1, 0.15) is 0 Å². The summed E-state index contributed by atoms with van der Waals surface area (Å²) in [6, 6.07) is 8.82. The molecule has 6 heteroatoms. The van der Waals surface area contributed by atoms with Crippen LogP contribution in [0.2, 0.25) is 10.0 Å². The molecule has 0 spiro atoms. The average Bonchev–Trinajstić information content (AvgIpc) is 2.34. The first-order chi connectivity index (χ1) is 8.43. The van der Waals surface area contributed by atoms with Crippen LogP contribution in [0.3, 0.4) is 0 Å². The molecular formula is C12H10Cl2O4. The summed E-state index contributed by atoms with van der Waals surface area (Å²) in [5.41, 5.74) is 0. The van der Waals surface area contributed by atoms with Crippen LogP contribution < -0.4 is 0 Å². The summed E-state index contributed by atoms with van der Waals surface area (Å²) in [6.45, 7) is 0. The Kier molecular flexibility index (Phi) is 4.95. The molecule has 0 aliphatic rings. The highest BCUT2D eigenvalue weighted by molar-refractivity contribution is 6.32. The molecule has 0 radical (unpaired) electrons. The van der Waals surface area contributed by atoms with Crippen molar-refractivity contribution in [3.63, 3.8) is 0 Å². The van der Waals surface area contributed by atoms with Gasteiger partial charge in [-0.25, -0.2) is 0 Å². The van der Waals surface area contributed by atoms with Crippen molar-refractivity contribution in [2.75, 3.05) is 0 Å². The normalized spacial score (nSPS) is 9.44. The molecule has 0 amide bonds. The predicted octanol–water partition coefficient (Wildman–Crippen LogP) is 3.50. The van der Waals surface area contributed by atoms with Crippen molar-refractivity contribution in [3.8, 4) is 23.0 Å². The fourth-order valence-electron chi connectivity index (χ4n) is 1.01. The Labute approximate surface area is 113 Å². The Morgan fingerprint density at radius 3 is 1.17 bits per heavy atom. The van der Waals surface area contributed by atoms with E-state index in [0.29, 0.717) is 0 Å². The second-order valence-corrected chi connectivity index (χ2v) is 4.03. The molecule has 0 aliphatic carbocycles. The molecule has 4 N–H and O–H groups in total. The van der Waals surface area contributed by atoms with Gasteiger partial charge in [0.15, 0.2) is 23.0 Å². The molecule has 0 aliphatic heterocycles. The number of phenols is 4. The van der Waals surface area contributed by atoms with Gasteiger partial charge in [0.1, 0.15) is 0 Å². The third kappa shape index (κ3) is 3.61. The van der Waals surface area contributed by atoms with E-state index in [1.807, 2.05) is 0 Å². The zero-order valence-corrected chi connectivity index (χ0v) is 10.5. The van der Waals surface area contributed by atoms with E-state index in [1.54, 1.807) is 12.1 Å². The smallest absolute Gasteiger partial charge is 0.176 e. The Balaban J connectivity index is 0.000000180. The topological polar surface area (TPSA) is 80.9 Å². The standard InChI is InChI=1S/2C6H5ClO2/c2*7-4-2-1-3-5(8)6(4)9/h2*1-3,8-9H. The van der Waals surface area contributed by atoms with Crippen LogP contribution in [0.4, 0.5) is 0 Å². The van der Waals surface area contributed by atoms with Crippen LogP contribution in [0.15, 0.2) is 36.4 Å². The third-order valence-corrected chi connectivity index (χ3v) is 2.54. The van der Waals surface area contributed by atoms with Gasteiger partial charge < -0.3 is 20.4 Å². The minimum absolute atomic E-state index is 0.162. The lowest BCUT2D eigenvalue weighted by Gasteiger charge is -1.96. The molecule has 0 fully saturated rings. The minimum atomic E-state index is -0.265. The quantitative estimate of drug-likeness (QED) is 0.559. The summed E-state index contributed by atoms with van der Waals surface area (Å²) in [5, 5.41) is 35.5. The van der Waals surface area contributed by atoms with Crippen molar-refractivity contribution < 1.29 is 20.4 Å². The van der Waals surface area contributed by atoms with Gasteiger partial charge in [0.2, 0.25) is 0 Å². The second-order valence-electron chi connectivity index (χ2n) is 3.22. The summed E-state index contributed by atoms with van der Waals surface area (Å²) in [4.78, 5) is 0. The number of hydrogen-bond donors (Lipinski definition) is 4. The van der Waals surface area contributed by atoms with Gasteiger partial charge >= 0.3 is 0 Å². The fourth-order valence-corrected chi connectivity index (χ4v) is 1.35. The Morgan fingerprint density at radius 1 is 0.611 bits per heavy atom. The number of aromatic hydroxyl groups is 4.